The maximum Gasteiger partial charge on any atom is 0.0480 e. The Kier molecular flexibility index (Phi) is 3.33. The van der Waals surface area contributed by atoms with Gasteiger partial charge in [-0.15, -0.1) is 0 Å². The summed E-state index contributed by atoms with van der Waals surface area (Å²) in [6, 6.07) is 0.674. The molecule has 1 aliphatic carbocycles. The second-order valence-corrected chi connectivity index (χ2v) is 5.29. The molecule has 1 heterocycles. The molecule has 2 rings (SSSR count). The number of hydrogen-bond acceptors (Lipinski definition) is 3. The van der Waals surface area contributed by atoms with Crippen LogP contribution in [0.4, 0.5) is 0 Å². The molecule has 15 heavy (non-hydrogen) atoms. The van der Waals surface area contributed by atoms with E-state index in [-0.39, 0.29) is 5.54 Å². The summed E-state index contributed by atoms with van der Waals surface area (Å²) in [7, 11) is 2.25. The molecule has 0 amide bonds. The first-order valence-electron chi connectivity index (χ1n) is 6.19. The lowest BCUT2D eigenvalue weighted by Gasteiger charge is -2.44. The number of nitrogens with two attached hydrogens (primary N) is 1. The molecule has 3 nitrogen and oxygen atoms in total. The molecule has 0 radical (unpaired) electrons. The molecule has 1 unspecified atom stereocenters. The van der Waals surface area contributed by atoms with Gasteiger partial charge in [-0.3, -0.25) is 4.90 Å². The molecule has 0 aromatic rings. The highest BCUT2D eigenvalue weighted by Gasteiger charge is 2.45. The predicted octanol–water partition coefficient (Wildman–Crippen LogP) is 1.22. The first-order valence-corrected chi connectivity index (χ1v) is 6.19. The van der Waals surface area contributed by atoms with E-state index in [1.54, 1.807) is 0 Å². The molecular formula is C12H24N2O. The average molecular weight is 212 g/mol. The quantitative estimate of drug-likeness (QED) is 0.761. The minimum absolute atomic E-state index is 0.224. The second kappa shape index (κ2) is 4.40. The lowest BCUT2D eigenvalue weighted by atomic mass is 9.90. The van der Waals surface area contributed by atoms with E-state index in [4.69, 9.17) is 10.5 Å². The number of likely N-dealkylation sites (N-methyl/N-ethyl adjacent to an activating group) is 1. The minimum Gasteiger partial charge on any atom is -0.381 e. The molecule has 1 saturated carbocycles. The highest BCUT2D eigenvalue weighted by molar-refractivity contribution is 5.01. The van der Waals surface area contributed by atoms with Crippen LogP contribution in [0.1, 0.15) is 32.6 Å². The zero-order chi connectivity index (χ0) is 10.9. The molecule has 1 aliphatic heterocycles. The molecule has 1 saturated heterocycles. The van der Waals surface area contributed by atoms with Crippen molar-refractivity contribution in [1.29, 1.82) is 0 Å². The number of nitrogens with zero attached hydrogens (tertiary/aromatic N) is 1. The molecule has 2 fully saturated rings. The smallest absolute Gasteiger partial charge is 0.0480 e. The van der Waals surface area contributed by atoms with Crippen LogP contribution < -0.4 is 5.73 Å². The minimum atomic E-state index is 0.224. The van der Waals surface area contributed by atoms with Crippen LogP contribution in [0.3, 0.4) is 0 Å². The van der Waals surface area contributed by atoms with Crippen LogP contribution in [0.5, 0.6) is 0 Å². The van der Waals surface area contributed by atoms with Gasteiger partial charge in [0.05, 0.1) is 0 Å². The largest absolute Gasteiger partial charge is 0.381 e. The summed E-state index contributed by atoms with van der Waals surface area (Å²) in [5.74, 6) is 0.829. The molecule has 2 aliphatic rings. The van der Waals surface area contributed by atoms with Crippen molar-refractivity contribution < 1.29 is 4.74 Å². The molecule has 88 valence electrons. The zero-order valence-corrected chi connectivity index (χ0v) is 10.0. The van der Waals surface area contributed by atoms with Gasteiger partial charge >= 0.3 is 0 Å². The fourth-order valence-corrected chi connectivity index (χ4v) is 2.79. The SMILES string of the molecule is CN(C1CCOCC1)C(C)(CN)C1CC1. The molecule has 2 N–H and O–H groups in total. The van der Waals surface area contributed by atoms with Crippen LogP contribution in [-0.2, 0) is 4.74 Å². The van der Waals surface area contributed by atoms with Crippen LogP contribution in [0.15, 0.2) is 0 Å². The van der Waals surface area contributed by atoms with Gasteiger partial charge in [-0.25, -0.2) is 0 Å². The Morgan fingerprint density at radius 1 is 1.27 bits per heavy atom. The summed E-state index contributed by atoms with van der Waals surface area (Å²) in [6.45, 7) is 4.95. The third kappa shape index (κ3) is 2.19. The lowest BCUT2D eigenvalue weighted by Crippen LogP contribution is -2.56. The normalized spacial score (nSPS) is 28.0. The van der Waals surface area contributed by atoms with Gasteiger partial charge in [0.2, 0.25) is 0 Å². The van der Waals surface area contributed by atoms with E-state index in [0.29, 0.717) is 6.04 Å². The van der Waals surface area contributed by atoms with Crippen LogP contribution in [0, 0.1) is 5.92 Å². The van der Waals surface area contributed by atoms with E-state index in [0.717, 1.165) is 25.7 Å². The van der Waals surface area contributed by atoms with Crippen LogP contribution in [-0.4, -0.2) is 43.3 Å². The standard InChI is InChI=1S/C12H24N2O/c1-12(9-13,10-3-4-10)14(2)11-5-7-15-8-6-11/h10-11H,3-9,13H2,1-2H3. The molecule has 3 heteroatoms. The van der Waals surface area contributed by atoms with Gasteiger partial charge in [-0.2, -0.15) is 0 Å². The summed E-state index contributed by atoms with van der Waals surface area (Å²) in [4.78, 5) is 2.53. The fraction of sp³-hybridized carbons (Fsp3) is 1.00. The van der Waals surface area contributed by atoms with Gasteiger partial charge in [0.15, 0.2) is 0 Å². The highest BCUT2D eigenvalue weighted by Crippen LogP contribution is 2.43. The van der Waals surface area contributed by atoms with Crippen molar-refractivity contribution >= 4 is 0 Å². The zero-order valence-electron chi connectivity index (χ0n) is 10.0. The van der Waals surface area contributed by atoms with Gasteiger partial charge in [0, 0.05) is 31.3 Å². The Labute approximate surface area is 93.0 Å². The molecular weight excluding hydrogens is 188 g/mol. The Balaban J connectivity index is 1.99. The summed E-state index contributed by atoms with van der Waals surface area (Å²) in [5, 5.41) is 0. The van der Waals surface area contributed by atoms with Gasteiger partial charge in [0.25, 0.3) is 0 Å². The maximum atomic E-state index is 5.98. The Hall–Kier alpha value is -0.120. The predicted molar refractivity (Wildman–Crippen MR) is 61.8 cm³/mol. The van der Waals surface area contributed by atoms with Crippen LogP contribution >= 0.6 is 0 Å². The fourth-order valence-electron chi connectivity index (χ4n) is 2.79. The van der Waals surface area contributed by atoms with Crippen molar-refractivity contribution in [3.63, 3.8) is 0 Å². The summed E-state index contributed by atoms with van der Waals surface area (Å²) in [5.41, 5.74) is 6.21. The topological polar surface area (TPSA) is 38.5 Å². The van der Waals surface area contributed by atoms with Crippen molar-refractivity contribution in [2.75, 3.05) is 26.8 Å². The van der Waals surface area contributed by atoms with E-state index in [1.165, 1.54) is 25.7 Å². The van der Waals surface area contributed by atoms with Crippen molar-refractivity contribution in [2.45, 2.75) is 44.2 Å². The van der Waals surface area contributed by atoms with Crippen LogP contribution in [0.2, 0.25) is 0 Å². The first kappa shape index (κ1) is 11.4. The molecule has 0 aromatic carbocycles. The van der Waals surface area contributed by atoms with E-state index in [1.807, 2.05) is 0 Å². The number of ether oxygens (including phenoxy) is 1. The number of hydrogen-bond donors (Lipinski definition) is 1. The van der Waals surface area contributed by atoms with Crippen molar-refractivity contribution in [1.82, 2.24) is 4.90 Å². The van der Waals surface area contributed by atoms with E-state index < -0.39 is 0 Å². The van der Waals surface area contributed by atoms with Crippen molar-refractivity contribution in [2.24, 2.45) is 11.7 Å². The third-order valence-electron chi connectivity index (χ3n) is 4.41. The van der Waals surface area contributed by atoms with Crippen LogP contribution in [0.25, 0.3) is 0 Å². The van der Waals surface area contributed by atoms with E-state index in [2.05, 4.69) is 18.9 Å². The van der Waals surface area contributed by atoms with Crippen molar-refractivity contribution in [3.8, 4) is 0 Å². The van der Waals surface area contributed by atoms with Gasteiger partial charge < -0.3 is 10.5 Å². The monoisotopic (exact) mass is 212 g/mol. The Morgan fingerprint density at radius 2 is 1.87 bits per heavy atom. The molecule has 1 atom stereocenters. The Morgan fingerprint density at radius 3 is 2.33 bits per heavy atom. The summed E-state index contributed by atoms with van der Waals surface area (Å²) in [6.07, 6.45) is 5.06. The number of rotatable bonds is 4. The van der Waals surface area contributed by atoms with E-state index in [9.17, 15) is 0 Å². The first-order chi connectivity index (χ1) is 7.18. The van der Waals surface area contributed by atoms with Gasteiger partial charge in [0.1, 0.15) is 0 Å². The highest BCUT2D eigenvalue weighted by atomic mass is 16.5. The van der Waals surface area contributed by atoms with Crippen molar-refractivity contribution in [3.05, 3.63) is 0 Å². The summed E-state index contributed by atoms with van der Waals surface area (Å²) < 4.78 is 5.41. The Bertz CT molecular complexity index is 212. The molecule has 0 bridgehead atoms. The lowest BCUT2D eigenvalue weighted by molar-refractivity contribution is -0.00353. The van der Waals surface area contributed by atoms with Gasteiger partial charge in [-0.05, 0) is 45.6 Å². The molecule has 0 aromatic heterocycles. The maximum absolute atomic E-state index is 5.98. The summed E-state index contributed by atoms with van der Waals surface area (Å²) >= 11 is 0. The molecule has 0 spiro atoms. The second-order valence-electron chi connectivity index (χ2n) is 5.29. The van der Waals surface area contributed by atoms with Gasteiger partial charge in [-0.1, -0.05) is 0 Å². The van der Waals surface area contributed by atoms with E-state index >= 15 is 0 Å². The third-order valence-corrected chi connectivity index (χ3v) is 4.41. The average Bonchev–Trinajstić information content (AvgIpc) is 3.12.